The van der Waals surface area contributed by atoms with Crippen LogP contribution >= 0.6 is 35.8 Å². The molecule has 0 unspecified atom stereocenters. The molecule has 0 atom stereocenters. The standard InChI is InChI=1S/C11H15Cl2NS/c1-11(2,6-14-7-15)8-3-4-9(12)10(13)5-8/h3-5,14-15H,6-7H2,1-2H3. The first-order valence-corrected chi connectivity index (χ1v) is 6.13. The summed E-state index contributed by atoms with van der Waals surface area (Å²) in [7, 11) is 0. The lowest BCUT2D eigenvalue weighted by molar-refractivity contribution is 0.490. The molecule has 0 saturated heterocycles. The molecule has 1 rings (SSSR count). The van der Waals surface area contributed by atoms with Crippen LogP contribution in [-0.2, 0) is 5.41 Å². The minimum absolute atomic E-state index is 0.0248. The first kappa shape index (κ1) is 13.2. The van der Waals surface area contributed by atoms with Crippen LogP contribution in [-0.4, -0.2) is 12.4 Å². The van der Waals surface area contributed by atoms with Gasteiger partial charge in [0, 0.05) is 17.8 Å². The Hall–Kier alpha value is 0.110. The topological polar surface area (TPSA) is 12.0 Å². The van der Waals surface area contributed by atoms with Gasteiger partial charge in [0.2, 0.25) is 0 Å². The Bertz CT molecular complexity index is 339. The van der Waals surface area contributed by atoms with Gasteiger partial charge in [0.25, 0.3) is 0 Å². The summed E-state index contributed by atoms with van der Waals surface area (Å²) in [5.74, 6) is 0.671. The van der Waals surface area contributed by atoms with Gasteiger partial charge in [0.1, 0.15) is 0 Å². The zero-order valence-corrected chi connectivity index (χ0v) is 11.3. The van der Waals surface area contributed by atoms with Crippen molar-refractivity contribution in [3.63, 3.8) is 0 Å². The van der Waals surface area contributed by atoms with Crippen LogP contribution in [0.2, 0.25) is 10.0 Å². The lowest BCUT2D eigenvalue weighted by atomic mass is 9.85. The molecule has 1 N–H and O–H groups in total. The Morgan fingerprint density at radius 2 is 1.93 bits per heavy atom. The van der Waals surface area contributed by atoms with Gasteiger partial charge in [-0.1, -0.05) is 43.1 Å². The molecule has 84 valence electrons. The number of benzene rings is 1. The summed E-state index contributed by atoms with van der Waals surface area (Å²) >= 11 is 16.0. The third-order valence-corrected chi connectivity index (χ3v) is 3.34. The molecule has 0 heterocycles. The van der Waals surface area contributed by atoms with E-state index in [2.05, 4.69) is 31.8 Å². The van der Waals surface area contributed by atoms with Crippen molar-refractivity contribution in [1.29, 1.82) is 0 Å². The first-order valence-electron chi connectivity index (χ1n) is 4.74. The number of rotatable bonds is 4. The van der Waals surface area contributed by atoms with Gasteiger partial charge in [0.15, 0.2) is 0 Å². The van der Waals surface area contributed by atoms with Gasteiger partial charge in [-0.2, -0.15) is 12.6 Å². The van der Waals surface area contributed by atoms with Gasteiger partial charge in [0.05, 0.1) is 10.0 Å². The van der Waals surface area contributed by atoms with Gasteiger partial charge in [-0.05, 0) is 17.7 Å². The number of nitrogens with one attached hydrogen (secondary N) is 1. The highest BCUT2D eigenvalue weighted by atomic mass is 35.5. The summed E-state index contributed by atoms with van der Waals surface area (Å²) in [4.78, 5) is 0. The van der Waals surface area contributed by atoms with E-state index >= 15 is 0 Å². The molecule has 15 heavy (non-hydrogen) atoms. The van der Waals surface area contributed by atoms with Crippen molar-refractivity contribution in [3.8, 4) is 0 Å². The van der Waals surface area contributed by atoms with Crippen molar-refractivity contribution in [2.24, 2.45) is 0 Å². The van der Waals surface area contributed by atoms with Crippen molar-refractivity contribution in [2.75, 3.05) is 12.4 Å². The molecule has 0 aromatic heterocycles. The molecule has 0 aliphatic rings. The highest BCUT2D eigenvalue weighted by Gasteiger charge is 2.20. The molecule has 0 radical (unpaired) electrons. The van der Waals surface area contributed by atoms with E-state index in [1.165, 1.54) is 5.56 Å². The maximum absolute atomic E-state index is 5.99. The van der Waals surface area contributed by atoms with Gasteiger partial charge in [-0.25, -0.2) is 0 Å². The molecule has 1 aromatic rings. The summed E-state index contributed by atoms with van der Waals surface area (Å²) in [5.41, 5.74) is 1.20. The van der Waals surface area contributed by atoms with E-state index in [-0.39, 0.29) is 5.41 Å². The fourth-order valence-electron chi connectivity index (χ4n) is 1.39. The number of hydrogen-bond donors (Lipinski definition) is 2. The molecule has 0 saturated carbocycles. The summed E-state index contributed by atoms with van der Waals surface area (Å²) in [6.45, 7) is 5.17. The van der Waals surface area contributed by atoms with E-state index in [9.17, 15) is 0 Å². The second-order valence-corrected chi connectivity index (χ2v) is 5.23. The van der Waals surface area contributed by atoms with Gasteiger partial charge in [-0.15, -0.1) is 0 Å². The highest BCUT2D eigenvalue weighted by Crippen LogP contribution is 2.29. The molecule has 1 aromatic carbocycles. The Balaban J connectivity index is 2.89. The first-order chi connectivity index (χ1) is 6.97. The van der Waals surface area contributed by atoms with Crippen molar-refractivity contribution in [2.45, 2.75) is 19.3 Å². The summed E-state index contributed by atoms with van der Waals surface area (Å²) in [6.07, 6.45) is 0. The Labute approximate surface area is 107 Å². The monoisotopic (exact) mass is 263 g/mol. The molecule has 0 spiro atoms. The average molecular weight is 264 g/mol. The average Bonchev–Trinajstić information content (AvgIpc) is 2.19. The van der Waals surface area contributed by atoms with Crippen molar-refractivity contribution in [3.05, 3.63) is 33.8 Å². The molecule has 0 aliphatic carbocycles. The normalized spacial score (nSPS) is 11.8. The van der Waals surface area contributed by atoms with E-state index in [0.717, 1.165) is 6.54 Å². The van der Waals surface area contributed by atoms with Crippen molar-refractivity contribution in [1.82, 2.24) is 5.32 Å². The van der Waals surface area contributed by atoms with Gasteiger partial charge in [-0.3, -0.25) is 0 Å². The van der Waals surface area contributed by atoms with Crippen LogP contribution in [0, 0.1) is 0 Å². The number of halogens is 2. The van der Waals surface area contributed by atoms with Gasteiger partial charge >= 0.3 is 0 Å². The Morgan fingerprint density at radius 3 is 2.47 bits per heavy atom. The minimum atomic E-state index is 0.0248. The Morgan fingerprint density at radius 1 is 1.27 bits per heavy atom. The van der Waals surface area contributed by atoms with Crippen LogP contribution in [0.15, 0.2) is 18.2 Å². The quantitative estimate of drug-likeness (QED) is 0.623. The van der Waals surface area contributed by atoms with Crippen LogP contribution in [0.4, 0.5) is 0 Å². The highest BCUT2D eigenvalue weighted by molar-refractivity contribution is 7.80. The maximum atomic E-state index is 5.99. The molecule has 0 bridgehead atoms. The molecule has 0 fully saturated rings. The zero-order chi connectivity index (χ0) is 11.5. The third-order valence-electron chi connectivity index (χ3n) is 2.38. The fraction of sp³-hybridized carbons (Fsp3) is 0.455. The largest absolute Gasteiger partial charge is 0.307 e. The molecule has 0 aliphatic heterocycles. The lowest BCUT2D eigenvalue weighted by Crippen LogP contribution is -2.32. The molecular weight excluding hydrogens is 249 g/mol. The van der Waals surface area contributed by atoms with Crippen molar-refractivity contribution >= 4 is 35.8 Å². The third kappa shape index (κ3) is 3.56. The summed E-state index contributed by atoms with van der Waals surface area (Å²) < 4.78 is 0. The van der Waals surface area contributed by atoms with E-state index in [1.54, 1.807) is 0 Å². The van der Waals surface area contributed by atoms with Crippen LogP contribution < -0.4 is 5.32 Å². The number of thiol groups is 1. The van der Waals surface area contributed by atoms with E-state index in [0.29, 0.717) is 15.9 Å². The van der Waals surface area contributed by atoms with Crippen LogP contribution in [0.5, 0.6) is 0 Å². The number of hydrogen-bond acceptors (Lipinski definition) is 2. The minimum Gasteiger partial charge on any atom is -0.307 e. The lowest BCUT2D eigenvalue weighted by Gasteiger charge is -2.25. The molecule has 1 nitrogen and oxygen atoms in total. The second-order valence-electron chi connectivity index (χ2n) is 4.10. The van der Waals surface area contributed by atoms with Gasteiger partial charge < -0.3 is 5.32 Å². The molecular formula is C11H15Cl2NS. The van der Waals surface area contributed by atoms with E-state index in [4.69, 9.17) is 23.2 Å². The van der Waals surface area contributed by atoms with Crippen LogP contribution in [0.3, 0.4) is 0 Å². The summed E-state index contributed by atoms with van der Waals surface area (Å²) in [5, 5.41) is 4.41. The predicted octanol–water partition coefficient (Wildman–Crippen LogP) is 3.75. The van der Waals surface area contributed by atoms with Crippen LogP contribution in [0.25, 0.3) is 0 Å². The zero-order valence-electron chi connectivity index (χ0n) is 8.85. The van der Waals surface area contributed by atoms with E-state index in [1.807, 2.05) is 18.2 Å². The fourth-order valence-corrected chi connectivity index (χ4v) is 1.80. The SMILES string of the molecule is CC(C)(CNCS)c1ccc(Cl)c(Cl)c1. The smallest absolute Gasteiger partial charge is 0.0595 e. The van der Waals surface area contributed by atoms with Crippen molar-refractivity contribution < 1.29 is 0 Å². The molecule has 0 amide bonds. The molecule has 4 heteroatoms. The van der Waals surface area contributed by atoms with E-state index < -0.39 is 0 Å². The maximum Gasteiger partial charge on any atom is 0.0595 e. The summed E-state index contributed by atoms with van der Waals surface area (Å²) in [6, 6.07) is 5.76. The van der Waals surface area contributed by atoms with Crippen LogP contribution in [0.1, 0.15) is 19.4 Å². The Kier molecular flexibility index (Phi) is 4.78. The second kappa shape index (κ2) is 5.44. The predicted molar refractivity (Wildman–Crippen MR) is 71.3 cm³/mol.